The van der Waals surface area contributed by atoms with E-state index in [9.17, 15) is 28.8 Å². The van der Waals surface area contributed by atoms with Crippen molar-refractivity contribution in [3.05, 3.63) is 48.2 Å². The molecule has 318 valence electrons. The number of hydrogen-bond acceptors (Lipinski definition) is 9. The van der Waals surface area contributed by atoms with Gasteiger partial charge in [0.2, 0.25) is 23.5 Å². The first-order chi connectivity index (χ1) is 26.0. The Morgan fingerprint density at radius 1 is 0.965 bits per heavy atom. The topological polar surface area (TPSA) is 207 Å². The van der Waals surface area contributed by atoms with E-state index in [0.717, 1.165) is 25.7 Å². The van der Waals surface area contributed by atoms with Gasteiger partial charge in [-0.05, 0) is 64.4 Å². The number of rotatable bonds is 14. The summed E-state index contributed by atoms with van der Waals surface area (Å²) in [6.07, 6.45) is 3.27. The summed E-state index contributed by atoms with van der Waals surface area (Å²) in [6.45, 7) is 18.5. The highest BCUT2D eigenvalue weighted by atomic mass is 16.6. The number of fused-ring (bicyclic) bond motifs is 1. The molecule has 15 nitrogen and oxygen atoms in total. The molecular formula is C42H66N6O9. The smallest absolute Gasteiger partial charge is 0.408 e. The van der Waals surface area contributed by atoms with E-state index < -0.39 is 76.5 Å². The van der Waals surface area contributed by atoms with E-state index in [-0.39, 0.29) is 42.7 Å². The predicted molar refractivity (Wildman–Crippen MR) is 215 cm³/mol. The lowest BCUT2D eigenvalue weighted by Crippen LogP contribution is -2.60. The molecule has 0 aromatic heterocycles. The number of alkyl carbamates (subject to hydrolysis) is 1. The van der Waals surface area contributed by atoms with Crippen molar-refractivity contribution in [2.75, 3.05) is 27.2 Å². The largest absolute Gasteiger partial charge is 0.444 e. The average molecular weight is 799 g/mol. The highest BCUT2D eigenvalue weighted by Crippen LogP contribution is 2.44. The molecule has 1 saturated carbocycles. The molecule has 57 heavy (non-hydrogen) atoms. The van der Waals surface area contributed by atoms with Gasteiger partial charge in [-0.1, -0.05) is 83.4 Å². The highest BCUT2D eigenvalue weighted by Gasteiger charge is 2.57. The number of carbonyl (C=O) groups is 6. The fourth-order valence-electron chi connectivity index (χ4n) is 8.02. The summed E-state index contributed by atoms with van der Waals surface area (Å²) in [5.74, 6) is -3.21. The molecule has 2 aliphatic heterocycles. The second-order valence-corrected chi connectivity index (χ2v) is 18.5. The van der Waals surface area contributed by atoms with E-state index in [1.165, 1.54) is 9.80 Å². The first-order valence-electron chi connectivity index (χ1n) is 19.8. The van der Waals surface area contributed by atoms with Crippen molar-refractivity contribution < 1.29 is 43.7 Å². The molecule has 2 heterocycles. The minimum atomic E-state index is -1.15. The zero-order valence-corrected chi connectivity index (χ0v) is 35.5. The standard InChI is InChI=1S/C42H64N6O8.H2O/c1-25(44-31(37(52)47(10)11)27-19-13-12-14-20-27)23-43-36(51)33(49)29(21-26-17-15-16-18-26)45-35(50)32-28-22-42(8,9)55-30(28)24-48(32)38(53)34(40(2,3)4)46-39(54)56-41(5,6)7;/h12-14,19-20,26,28-32,34,44H,1,15-18,21-24H2,2-11H3,(H,43,51)(H,45,50)(H,46,54);1H2/t28-,29?,30-,31-,32?,34+;/m0./s1. The molecule has 0 bridgehead atoms. The van der Waals surface area contributed by atoms with Gasteiger partial charge in [0.1, 0.15) is 23.7 Å². The van der Waals surface area contributed by atoms with Crippen molar-refractivity contribution in [3.8, 4) is 0 Å². The summed E-state index contributed by atoms with van der Waals surface area (Å²) in [7, 11) is 3.29. The van der Waals surface area contributed by atoms with Crippen molar-refractivity contribution in [3.63, 3.8) is 0 Å². The molecule has 0 radical (unpaired) electrons. The molecule has 3 fully saturated rings. The molecule has 3 aliphatic rings. The van der Waals surface area contributed by atoms with E-state index >= 15 is 0 Å². The van der Waals surface area contributed by atoms with Crippen LogP contribution in [0.25, 0.3) is 0 Å². The van der Waals surface area contributed by atoms with Crippen LogP contribution in [0.5, 0.6) is 0 Å². The second-order valence-electron chi connectivity index (χ2n) is 18.5. The van der Waals surface area contributed by atoms with Gasteiger partial charge in [-0.25, -0.2) is 4.79 Å². The lowest BCUT2D eigenvalue weighted by molar-refractivity contribution is -0.145. The number of likely N-dealkylation sites (N-methyl/N-ethyl adjacent to an activating group) is 1. The summed E-state index contributed by atoms with van der Waals surface area (Å²) in [5, 5.41) is 11.4. The van der Waals surface area contributed by atoms with Gasteiger partial charge in [0.25, 0.3) is 5.91 Å². The molecule has 15 heteroatoms. The number of ketones is 1. The maximum Gasteiger partial charge on any atom is 0.408 e. The van der Waals surface area contributed by atoms with Crippen LogP contribution in [0.3, 0.4) is 0 Å². The lowest BCUT2D eigenvalue weighted by Gasteiger charge is -2.37. The van der Waals surface area contributed by atoms with Crippen LogP contribution in [0.1, 0.15) is 106 Å². The number of nitrogens with one attached hydrogen (secondary N) is 4. The van der Waals surface area contributed by atoms with Crippen LogP contribution in [0.4, 0.5) is 4.79 Å². The van der Waals surface area contributed by atoms with E-state index in [1.54, 1.807) is 34.9 Å². The van der Waals surface area contributed by atoms with E-state index in [2.05, 4.69) is 27.8 Å². The van der Waals surface area contributed by atoms with Crippen molar-refractivity contribution in [1.29, 1.82) is 0 Å². The zero-order valence-electron chi connectivity index (χ0n) is 35.5. The van der Waals surface area contributed by atoms with Crippen LogP contribution in [0, 0.1) is 17.3 Å². The number of nitrogens with zero attached hydrogens (tertiary/aromatic N) is 2. The summed E-state index contributed by atoms with van der Waals surface area (Å²) < 4.78 is 11.8. The first kappa shape index (κ1) is 46.9. The minimum absolute atomic E-state index is 0. The predicted octanol–water partition coefficient (Wildman–Crippen LogP) is 3.18. The Labute approximate surface area is 337 Å². The summed E-state index contributed by atoms with van der Waals surface area (Å²) in [5.41, 5.74) is -1.08. The molecule has 2 unspecified atom stereocenters. The Morgan fingerprint density at radius 2 is 1.58 bits per heavy atom. The molecule has 1 aromatic rings. The summed E-state index contributed by atoms with van der Waals surface area (Å²) in [6, 6.07) is 5.13. The number of ether oxygens (including phenoxy) is 2. The molecule has 6 N–H and O–H groups in total. The van der Waals surface area contributed by atoms with Crippen LogP contribution in [-0.2, 0) is 33.4 Å². The average Bonchev–Trinajstić information content (AvgIpc) is 3.80. The fraction of sp³-hybridized carbons (Fsp3) is 0.667. The zero-order chi connectivity index (χ0) is 41.7. The molecule has 1 aromatic carbocycles. The van der Waals surface area contributed by atoms with Crippen molar-refractivity contribution in [2.24, 2.45) is 17.3 Å². The monoisotopic (exact) mass is 798 g/mol. The third-order valence-corrected chi connectivity index (χ3v) is 10.7. The SMILES string of the molecule is C=C(CNC(=O)C(=O)C(CC1CCCC1)NC(=O)C1[C@H]2CC(C)(C)O[C@H]2CN1C(=O)[C@@H](NC(=O)OC(C)(C)C)C(C)(C)C)N[C@H](C(=O)N(C)C)c1ccccc1.O. The van der Waals surface area contributed by atoms with Gasteiger partial charge in [0, 0.05) is 32.3 Å². The summed E-state index contributed by atoms with van der Waals surface area (Å²) >= 11 is 0. The Kier molecular flexibility index (Phi) is 15.5. The second kappa shape index (κ2) is 18.8. The Balaban J connectivity index is 0.00000870. The Morgan fingerprint density at radius 3 is 2.14 bits per heavy atom. The van der Waals surface area contributed by atoms with Gasteiger partial charge in [-0.3, -0.25) is 24.0 Å². The van der Waals surface area contributed by atoms with Crippen LogP contribution < -0.4 is 21.3 Å². The van der Waals surface area contributed by atoms with Crippen LogP contribution in [-0.4, -0.2) is 113 Å². The van der Waals surface area contributed by atoms with Gasteiger partial charge >= 0.3 is 6.09 Å². The number of benzene rings is 1. The highest BCUT2D eigenvalue weighted by molar-refractivity contribution is 6.38. The molecular weight excluding hydrogens is 732 g/mol. The molecule has 6 atom stereocenters. The van der Waals surface area contributed by atoms with Gasteiger partial charge in [0.15, 0.2) is 0 Å². The van der Waals surface area contributed by atoms with E-state index in [0.29, 0.717) is 17.7 Å². The molecule has 2 saturated heterocycles. The normalized spacial score (nSPS) is 21.9. The minimum Gasteiger partial charge on any atom is -0.444 e. The Hall–Kier alpha value is -4.50. The van der Waals surface area contributed by atoms with Crippen LogP contribution >= 0.6 is 0 Å². The fourth-order valence-corrected chi connectivity index (χ4v) is 8.02. The van der Waals surface area contributed by atoms with Gasteiger partial charge in [0.05, 0.1) is 24.3 Å². The van der Waals surface area contributed by atoms with Gasteiger partial charge in [-0.15, -0.1) is 0 Å². The van der Waals surface area contributed by atoms with Crippen LogP contribution in [0.15, 0.2) is 42.6 Å². The summed E-state index contributed by atoms with van der Waals surface area (Å²) in [4.78, 5) is 85.3. The first-order valence-corrected chi connectivity index (χ1v) is 19.8. The molecule has 4 rings (SSSR count). The van der Waals surface area contributed by atoms with E-state index in [1.807, 2.05) is 65.0 Å². The Bertz CT molecular complexity index is 1630. The maximum atomic E-state index is 14.5. The van der Waals surface area contributed by atoms with Gasteiger partial charge < -0.3 is 46.0 Å². The van der Waals surface area contributed by atoms with Crippen molar-refractivity contribution in [2.45, 2.75) is 135 Å². The van der Waals surface area contributed by atoms with Crippen molar-refractivity contribution in [1.82, 2.24) is 31.1 Å². The number of Topliss-reactive ketones (excluding diaryl/α,β-unsaturated/α-hetero) is 1. The maximum absolute atomic E-state index is 14.5. The molecule has 1 aliphatic carbocycles. The quantitative estimate of drug-likeness (QED) is 0.204. The number of amides is 5. The van der Waals surface area contributed by atoms with E-state index in [4.69, 9.17) is 9.47 Å². The molecule has 0 spiro atoms. The van der Waals surface area contributed by atoms with Gasteiger partial charge in [-0.2, -0.15) is 0 Å². The number of likely N-dealkylation sites (tertiary alicyclic amines) is 1. The van der Waals surface area contributed by atoms with Crippen LogP contribution in [0.2, 0.25) is 0 Å². The molecule has 5 amide bonds. The number of hydrogen-bond donors (Lipinski definition) is 4. The number of carbonyl (C=O) groups excluding carboxylic acids is 6. The van der Waals surface area contributed by atoms with Crippen molar-refractivity contribution >= 4 is 35.5 Å². The third kappa shape index (κ3) is 12.5. The third-order valence-electron chi connectivity index (χ3n) is 10.7. The lowest BCUT2D eigenvalue weighted by atomic mass is 9.85.